The minimum Gasteiger partial charge on any atom is -0.467 e. The number of amides is 1. The molecule has 0 unspecified atom stereocenters. The lowest BCUT2D eigenvalue weighted by Crippen LogP contribution is -2.30. The lowest BCUT2D eigenvalue weighted by Gasteiger charge is -2.22. The largest absolute Gasteiger partial charge is 0.467 e. The maximum Gasteiger partial charge on any atom is 0.254 e. The van der Waals surface area contributed by atoms with Crippen LogP contribution in [0.4, 0.5) is 0 Å². The van der Waals surface area contributed by atoms with Crippen LogP contribution in [0.5, 0.6) is 11.5 Å². The molecule has 0 spiro atoms. The topological polar surface area (TPSA) is 64.8 Å². The van der Waals surface area contributed by atoms with Crippen LogP contribution in [-0.4, -0.2) is 22.6 Å². The summed E-state index contributed by atoms with van der Waals surface area (Å²) in [5.41, 5.74) is 1.34. The molecule has 1 amide bonds. The Morgan fingerprint density at radius 1 is 1.19 bits per heavy atom. The van der Waals surface area contributed by atoms with Crippen LogP contribution in [0.25, 0.3) is 0 Å². The first-order valence-electron chi connectivity index (χ1n) is 8.00. The number of ether oxygens (including phenoxy) is 2. The quantitative estimate of drug-likeness (QED) is 0.681. The maximum atomic E-state index is 13.1. The van der Waals surface area contributed by atoms with Crippen molar-refractivity contribution in [3.8, 4) is 11.5 Å². The van der Waals surface area contributed by atoms with Crippen molar-refractivity contribution in [1.29, 1.82) is 0 Å². The molecule has 0 radical (unpaired) electrons. The van der Waals surface area contributed by atoms with Gasteiger partial charge in [-0.15, -0.1) is 0 Å². The number of nitrogens with zero attached hydrogens (tertiary/aromatic N) is 2. The number of fused-ring (bicyclic) bond motifs is 1. The first-order chi connectivity index (χ1) is 12.7. The molecule has 7 heteroatoms. The molecule has 3 aromatic rings. The van der Waals surface area contributed by atoms with Gasteiger partial charge in [-0.3, -0.25) is 9.78 Å². The standard InChI is InChI=1S/C19H15ClN2O4/c20-16-7-14(8-17-18(16)26-12-25-17)19(23)22(11-15-4-2-6-24-15)10-13-3-1-5-21-9-13/h1-9H,10-12H2. The molecule has 3 heterocycles. The zero-order chi connectivity index (χ0) is 17.9. The van der Waals surface area contributed by atoms with E-state index in [4.69, 9.17) is 25.5 Å². The molecule has 26 heavy (non-hydrogen) atoms. The number of rotatable bonds is 5. The van der Waals surface area contributed by atoms with Crippen molar-refractivity contribution in [2.75, 3.05) is 6.79 Å². The van der Waals surface area contributed by atoms with Gasteiger partial charge in [0, 0.05) is 24.5 Å². The number of hydrogen-bond donors (Lipinski definition) is 0. The number of pyridine rings is 1. The van der Waals surface area contributed by atoms with Gasteiger partial charge in [-0.2, -0.15) is 0 Å². The second-order valence-electron chi connectivity index (χ2n) is 5.79. The lowest BCUT2D eigenvalue weighted by molar-refractivity contribution is 0.0717. The van der Waals surface area contributed by atoms with Crippen LogP contribution >= 0.6 is 11.6 Å². The molecule has 0 aliphatic carbocycles. The smallest absolute Gasteiger partial charge is 0.254 e. The number of benzene rings is 1. The van der Waals surface area contributed by atoms with Crippen molar-refractivity contribution in [2.24, 2.45) is 0 Å². The second kappa shape index (κ2) is 7.09. The third kappa shape index (κ3) is 3.36. The predicted molar refractivity (Wildman–Crippen MR) is 94.1 cm³/mol. The SMILES string of the molecule is O=C(c1cc(Cl)c2c(c1)OCO2)N(Cc1cccnc1)Cc1ccco1. The molecule has 4 rings (SSSR count). The van der Waals surface area contributed by atoms with Crippen LogP contribution in [-0.2, 0) is 13.1 Å². The van der Waals surface area contributed by atoms with E-state index < -0.39 is 0 Å². The van der Waals surface area contributed by atoms with E-state index in [1.54, 1.807) is 41.8 Å². The van der Waals surface area contributed by atoms with Gasteiger partial charge in [0.2, 0.25) is 6.79 Å². The highest BCUT2D eigenvalue weighted by atomic mass is 35.5. The van der Waals surface area contributed by atoms with Gasteiger partial charge in [0.05, 0.1) is 17.8 Å². The molecule has 0 bridgehead atoms. The number of halogens is 1. The molecule has 0 atom stereocenters. The van der Waals surface area contributed by atoms with E-state index in [1.165, 1.54) is 0 Å². The van der Waals surface area contributed by atoms with Crippen LogP contribution in [0.15, 0.2) is 59.5 Å². The molecule has 0 fully saturated rings. The number of aromatic nitrogens is 1. The van der Waals surface area contributed by atoms with E-state index in [1.807, 2.05) is 18.2 Å². The van der Waals surface area contributed by atoms with Gasteiger partial charge in [0.25, 0.3) is 5.91 Å². The van der Waals surface area contributed by atoms with Gasteiger partial charge < -0.3 is 18.8 Å². The highest BCUT2D eigenvalue weighted by Crippen LogP contribution is 2.40. The van der Waals surface area contributed by atoms with E-state index in [0.717, 1.165) is 5.56 Å². The van der Waals surface area contributed by atoms with E-state index in [9.17, 15) is 4.79 Å². The van der Waals surface area contributed by atoms with Gasteiger partial charge in [0.1, 0.15) is 5.76 Å². The summed E-state index contributed by atoms with van der Waals surface area (Å²) in [6.07, 6.45) is 5.01. The zero-order valence-corrected chi connectivity index (χ0v) is 14.5. The van der Waals surface area contributed by atoms with E-state index in [2.05, 4.69) is 4.98 Å². The first kappa shape index (κ1) is 16.5. The maximum absolute atomic E-state index is 13.1. The van der Waals surface area contributed by atoms with Crippen molar-refractivity contribution in [2.45, 2.75) is 13.1 Å². The third-order valence-electron chi connectivity index (χ3n) is 3.98. The summed E-state index contributed by atoms with van der Waals surface area (Å²) in [6.45, 7) is 0.810. The summed E-state index contributed by atoms with van der Waals surface area (Å²) in [5.74, 6) is 1.44. The Labute approximate surface area is 154 Å². The normalized spacial score (nSPS) is 12.2. The Balaban J connectivity index is 1.64. The monoisotopic (exact) mass is 370 g/mol. The van der Waals surface area contributed by atoms with Crippen LogP contribution in [0.1, 0.15) is 21.7 Å². The zero-order valence-electron chi connectivity index (χ0n) is 13.7. The minimum absolute atomic E-state index is 0.0957. The summed E-state index contributed by atoms with van der Waals surface area (Å²) in [7, 11) is 0. The fourth-order valence-electron chi connectivity index (χ4n) is 2.78. The molecular formula is C19H15ClN2O4. The second-order valence-corrected chi connectivity index (χ2v) is 6.20. The Morgan fingerprint density at radius 2 is 2.12 bits per heavy atom. The fourth-order valence-corrected chi connectivity index (χ4v) is 3.04. The number of carbonyl (C=O) groups excluding carboxylic acids is 1. The first-order valence-corrected chi connectivity index (χ1v) is 8.38. The summed E-state index contributed by atoms with van der Waals surface area (Å²) in [5, 5.41) is 0.350. The van der Waals surface area contributed by atoms with Crippen molar-refractivity contribution in [1.82, 2.24) is 9.88 Å². The summed E-state index contributed by atoms with van der Waals surface area (Å²) < 4.78 is 16.1. The summed E-state index contributed by atoms with van der Waals surface area (Å²) in [4.78, 5) is 18.9. The fraction of sp³-hybridized carbons (Fsp3) is 0.158. The Kier molecular flexibility index (Phi) is 4.50. The summed E-state index contributed by atoms with van der Waals surface area (Å²) >= 11 is 6.22. The van der Waals surface area contributed by atoms with Crippen LogP contribution in [0.3, 0.4) is 0 Å². The van der Waals surface area contributed by atoms with Crippen molar-refractivity contribution >= 4 is 17.5 Å². The van der Waals surface area contributed by atoms with Gasteiger partial charge in [-0.05, 0) is 35.9 Å². The molecule has 1 aliphatic rings. The number of furan rings is 1. The molecule has 2 aromatic heterocycles. The van der Waals surface area contributed by atoms with Gasteiger partial charge >= 0.3 is 0 Å². The van der Waals surface area contributed by atoms with Crippen LogP contribution in [0, 0.1) is 0 Å². The summed E-state index contributed by atoms with van der Waals surface area (Å²) in [6, 6.07) is 10.6. The number of hydrogen-bond acceptors (Lipinski definition) is 5. The third-order valence-corrected chi connectivity index (χ3v) is 4.27. The molecule has 0 saturated carbocycles. The van der Waals surface area contributed by atoms with Crippen molar-refractivity contribution < 1.29 is 18.7 Å². The van der Waals surface area contributed by atoms with Gasteiger partial charge in [0.15, 0.2) is 11.5 Å². The van der Waals surface area contributed by atoms with E-state index >= 15 is 0 Å². The molecule has 6 nitrogen and oxygen atoms in total. The van der Waals surface area contributed by atoms with E-state index in [-0.39, 0.29) is 12.7 Å². The molecule has 0 N–H and O–H groups in total. The van der Waals surface area contributed by atoms with Gasteiger partial charge in [-0.1, -0.05) is 17.7 Å². The van der Waals surface area contributed by atoms with Crippen LogP contribution < -0.4 is 9.47 Å². The van der Waals surface area contributed by atoms with Gasteiger partial charge in [-0.25, -0.2) is 0 Å². The molecular weight excluding hydrogens is 356 g/mol. The van der Waals surface area contributed by atoms with E-state index in [0.29, 0.717) is 40.9 Å². The minimum atomic E-state index is -0.189. The molecule has 1 aromatic carbocycles. The van der Waals surface area contributed by atoms with Crippen molar-refractivity contribution in [3.63, 3.8) is 0 Å². The highest BCUT2D eigenvalue weighted by Gasteiger charge is 2.24. The predicted octanol–water partition coefficient (Wildman–Crippen LogP) is 3.90. The number of carbonyl (C=O) groups is 1. The Bertz CT molecular complexity index is 913. The Morgan fingerprint density at radius 3 is 2.88 bits per heavy atom. The Hall–Kier alpha value is -2.99. The van der Waals surface area contributed by atoms with Crippen LogP contribution in [0.2, 0.25) is 5.02 Å². The average Bonchev–Trinajstić information content (AvgIpc) is 3.33. The lowest BCUT2D eigenvalue weighted by atomic mass is 10.1. The molecule has 0 saturated heterocycles. The molecule has 132 valence electrons. The molecule has 1 aliphatic heterocycles. The average molecular weight is 371 g/mol. The van der Waals surface area contributed by atoms with Crippen molar-refractivity contribution in [3.05, 3.63) is 77.0 Å². The highest BCUT2D eigenvalue weighted by molar-refractivity contribution is 6.32.